The van der Waals surface area contributed by atoms with E-state index in [1.807, 2.05) is 26.0 Å². The Morgan fingerprint density at radius 1 is 1.08 bits per heavy atom. The van der Waals surface area contributed by atoms with Crippen LogP contribution in [0.3, 0.4) is 0 Å². The minimum absolute atomic E-state index is 0.113. The van der Waals surface area contributed by atoms with Crippen LogP contribution in [0.4, 0.5) is 4.79 Å². The molecule has 0 aliphatic heterocycles. The summed E-state index contributed by atoms with van der Waals surface area (Å²) in [5, 5.41) is 4.86. The fraction of sp³-hybridized carbons (Fsp3) is 0.500. The number of amides is 3. The first-order valence-electron chi connectivity index (χ1n) is 8.40. The molecule has 0 spiro atoms. The molecule has 136 valence electrons. The summed E-state index contributed by atoms with van der Waals surface area (Å²) in [6, 6.07) is 5.03. The molecule has 0 unspecified atom stereocenters. The van der Waals surface area contributed by atoms with E-state index in [9.17, 15) is 14.4 Å². The van der Waals surface area contributed by atoms with Crippen molar-refractivity contribution in [1.82, 2.24) is 10.6 Å². The van der Waals surface area contributed by atoms with Crippen molar-refractivity contribution in [3.8, 4) is 5.75 Å². The molecule has 7 heteroatoms. The van der Waals surface area contributed by atoms with E-state index in [-0.39, 0.29) is 12.6 Å². The van der Waals surface area contributed by atoms with Crippen molar-refractivity contribution < 1.29 is 23.9 Å². The number of urea groups is 1. The molecule has 0 radical (unpaired) electrons. The summed E-state index contributed by atoms with van der Waals surface area (Å²) in [6.07, 6.45) is 4.01. The molecule has 1 saturated carbocycles. The minimum Gasteiger partial charge on any atom is -0.482 e. The van der Waals surface area contributed by atoms with Crippen LogP contribution in [0.15, 0.2) is 18.2 Å². The monoisotopic (exact) mass is 348 g/mol. The molecule has 0 saturated heterocycles. The second-order valence-electron chi connectivity index (χ2n) is 6.20. The molecule has 0 aromatic heterocycles. The molecule has 1 aromatic rings. The summed E-state index contributed by atoms with van der Waals surface area (Å²) in [6.45, 7) is 3.10. The normalized spacial score (nSPS) is 14.0. The second kappa shape index (κ2) is 9.05. The third-order valence-electron chi connectivity index (χ3n) is 4.14. The van der Waals surface area contributed by atoms with Crippen molar-refractivity contribution in [3.05, 3.63) is 29.3 Å². The Balaban J connectivity index is 1.64. The fourth-order valence-electron chi connectivity index (χ4n) is 2.59. The lowest BCUT2D eigenvalue weighted by molar-refractivity contribution is -0.150. The predicted molar refractivity (Wildman–Crippen MR) is 91.3 cm³/mol. The molecule has 3 amide bonds. The largest absolute Gasteiger partial charge is 0.482 e. The van der Waals surface area contributed by atoms with Gasteiger partial charge in [-0.05, 0) is 49.9 Å². The van der Waals surface area contributed by atoms with Crippen LogP contribution in [0.25, 0.3) is 0 Å². The standard InChI is InChI=1S/C18H24N2O5/c1-12-7-8-15(9-13(12)2)24-11-17(22)25-10-16(21)20-18(23)19-14-5-3-4-6-14/h7-9,14H,3-6,10-11H2,1-2H3,(H2,19,20,21,23). The van der Waals surface area contributed by atoms with E-state index >= 15 is 0 Å². The number of aryl methyl sites for hydroxylation is 2. The summed E-state index contributed by atoms with van der Waals surface area (Å²) in [5.41, 5.74) is 2.18. The summed E-state index contributed by atoms with van der Waals surface area (Å²) >= 11 is 0. The molecule has 2 rings (SSSR count). The highest BCUT2D eigenvalue weighted by molar-refractivity contribution is 5.95. The Labute approximate surface area is 147 Å². The van der Waals surface area contributed by atoms with Crippen molar-refractivity contribution in [3.63, 3.8) is 0 Å². The maximum Gasteiger partial charge on any atom is 0.344 e. The van der Waals surface area contributed by atoms with Crippen LogP contribution < -0.4 is 15.4 Å². The average molecular weight is 348 g/mol. The van der Waals surface area contributed by atoms with Gasteiger partial charge in [-0.1, -0.05) is 18.9 Å². The fourth-order valence-corrected chi connectivity index (χ4v) is 2.59. The zero-order valence-corrected chi connectivity index (χ0v) is 14.6. The van der Waals surface area contributed by atoms with Crippen molar-refractivity contribution in [1.29, 1.82) is 0 Å². The molecular weight excluding hydrogens is 324 g/mol. The Morgan fingerprint density at radius 2 is 1.80 bits per heavy atom. The Kier molecular flexibility index (Phi) is 6.80. The zero-order valence-electron chi connectivity index (χ0n) is 14.6. The third kappa shape index (κ3) is 6.45. The van der Waals surface area contributed by atoms with Crippen molar-refractivity contribution in [2.45, 2.75) is 45.6 Å². The van der Waals surface area contributed by atoms with E-state index in [4.69, 9.17) is 9.47 Å². The molecule has 7 nitrogen and oxygen atoms in total. The number of carbonyl (C=O) groups is 3. The van der Waals surface area contributed by atoms with Crippen molar-refractivity contribution >= 4 is 17.9 Å². The first kappa shape index (κ1) is 18.8. The summed E-state index contributed by atoms with van der Waals surface area (Å²) in [5.74, 6) is -0.792. The van der Waals surface area contributed by atoms with Crippen molar-refractivity contribution in [2.75, 3.05) is 13.2 Å². The molecule has 1 aliphatic carbocycles. The molecule has 2 N–H and O–H groups in total. The van der Waals surface area contributed by atoms with E-state index in [0.29, 0.717) is 5.75 Å². The van der Waals surface area contributed by atoms with E-state index in [1.54, 1.807) is 6.07 Å². The lowest BCUT2D eigenvalue weighted by Crippen LogP contribution is -2.45. The topological polar surface area (TPSA) is 93.7 Å². The first-order valence-corrected chi connectivity index (χ1v) is 8.40. The van der Waals surface area contributed by atoms with Crippen LogP contribution in [0.1, 0.15) is 36.8 Å². The number of carbonyl (C=O) groups excluding carboxylic acids is 3. The molecule has 0 atom stereocenters. The van der Waals surface area contributed by atoms with Gasteiger partial charge in [-0.2, -0.15) is 0 Å². The van der Waals surface area contributed by atoms with Gasteiger partial charge in [0, 0.05) is 6.04 Å². The Bertz CT molecular complexity index is 638. The quantitative estimate of drug-likeness (QED) is 0.767. The Hall–Kier alpha value is -2.57. The highest BCUT2D eigenvalue weighted by atomic mass is 16.6. The Morgan fingerprint density at radius 3 is 2.48 bits per heavy atom. The summed E-state index contributed by atoms with van der Waals surface area (Å²) < 4.78 is 10.1. The van der Waals surface area contributed by atoms with Crippen LogP contribution in [-0.4, -0.2) is 37.2 Å². The average Bonchev–Trinajstić information content (AvgIpc) is 3.06. The van der Waals surface area contributed by atoms with Gasteiger partial charge in [-0.3, -0.25) is 10.1 Å². The second-order valence-corrected chi connectivity index (χ2v) is 6.20. The van der Waals surface area contributed by atoms with Crippen molar-refractivity contribution in [2.24, 2.45) is 0 Å². The number of imide groups is 1. The molecular formula is C18H24N2O5. The number of benzene rings is 1. The smallest absolute Gasteiger partial charge is 0.344 e. The maximum absolute atomic E-state index is 11.6. The highest BCUT2D eigenvalue weighted by Gasteiger charge is 2.18. The van der Waals surface area contributed by atoms with Crippen LogP contribution in [-0.2, 0) is 14.3 Å². The SMILES string of the molecule is Cc1ccc(OCC(=O)OCC(=O)NC(=O)NC2CCCC2)cc1C. The van der Waals surface area contributed by atoms with Gasteiger partial charge in [0.05, 0.1) is 0 Å². The van der Waals surface area contributed by atoms with Gasteiger partial charge < -0.3 is 14.8 Å². The van der Waals surface area contributed by atoms with Gasteiger partial charge >= 0.3 is 12.0 Å². The van der Waals surface area contributed by atoms with Crippen LogP contribution in [0.5, 0.6) is 5.75 Å². The number of hydrogen-bond donors (Lipinski definition) is 2. The predicted octanol–water partition coefficient (Wildman–Crippen LogP) is 1.99. The van der Waals surface area contributed by atoms with Gasteiger partial charge in [-0.15, -0.1) is 0 Å². The molecule has 0 bridgehead atoms. The molecule has 0 heterocycles. The number of nitrogens with one attached hydrogen (secondary N) is 2. The lowest BCUT2D eigenvalue weighted by Gasteiger charge is -2.12. The van der Waals surface area contributed by atoms with E-state index < -0.39 is 24.5 Å². The number of hydrogen-bond acceptors (Lipinski definition) is 5. The summed E-state index contributed by atoms with van der Waals surface area (Å²) in [4.78, 5) is 34.8. The molecule has 1 aromatic carbocycles. The van der Waals surface area contributed by atoms with Gasteiger partial charge in [0.15, 0.2) is 13.2 Å². The van der Waals surface area contributed by atoms with E-state index in [2.05, 4.69) is 10.6 Å². The van der Waals surface area contributed by atoms with Gasteiger partial charge in [0.1, 0.15) is 5.75 Å². The highest BCUT2D eigenvalue weighted by Crippen LogP contribution is 2.17. The van der Waals surface area contributed by atoms with Crippen LogP contribution >= 0.6 is 0 Å². The van der Waals surface area contributed by atoms with E-state index in [0.717, 1.165) is 36.8 Å². The van der Waals surface area contributed by atoms with Gasteiger partial charge in [0.25, 0.3) is 5.91 Å². The van der Waals surface area contributed by atoms with Crippen LogP contribution in [0.2, 0.25) is 0 Å². The van der Waals surface area contributed by atoms with E-state index in [1.165, 1.54) is 0 Å². The maximum atomic E-state index is 11.6. The number of ether oxygens (including phenoxy) is 2. The summed E-state index contributed by atoms with van der Waals surface area (Å²) in [7, 11) is 0. The molecule has 25 heavy (non-hydrogen) atoms. The third-order valence-corrected chi connectivity index (χ3v) is 4.14. The zero-order chi connectivity index (χ0) is 18.2. The molecule has 1 aliphatic rings. The first-order chi connectivity index (χ1) is 11.9. The minimum atomic E-state index is -0.676. The lowest BCUT2D eigenvalue weighted by atomic mass is 10.1. The van der Waals surface area contributed by atoms with Gasteiger partial charge in [-0.25, -0.2) is 9.59 Å². The number of rotatable bonds is 6. The van der Waals surface area contributed by atoms with Crippen LogP contribution in [0, 0.1) is 13.8 Å². The molecule has 1 fully saturated rings. The number of esters is 1. The van der Waals surface area contributed by atoms with Gasteiger partial charge in [0.2, 0.25) is 0 Å².